The third kappa shape index (κ3) is 4.84. The predicted octanol–water partition coefficient (Wildman–Crippen LogP) is 2.39. The van der Waals surface area contributed by atoms with Gasteiger partial charge in [-0.15, -0.1) is 0 Å². The molecule has 2 aromatic rings. The first-order chi connectivity index (χ1) is 13.1. The summed E-state index contributed by atoms with van der Waals surface area (Å²) in [6, 6.07) is 7.39. The van der Waals surface area contributed by atoms with Gasteiger partial charge in [0.25, 0.3) is 0 Å². The Kier molecular flexibility index (Phi) is 6.05. The number of likely N-dealkylation sites (tertiary alicyclic amines) is 1. The molecule has 1 amide bonds. The topological polar surface area (TPSA) is 106 Å². The van der Waals surface area contributed by atoms with Crippen molar-refractivity contribution in [3.8, 4) is 17.1 Å². The number of carboxylic acid groups (broad SMARTS) is 1. The van der Waals surface area contributed by atoms with Crippen LogP contribution in [0.2, 0.25) is 0 Å². The van der Waals surface area contributed by atoms with E-state index in [2.05, 4.69) is 10.1 Å². The third-order valence-electron chi connectivity index (χ3n) is 4.57. The number of aromatic nitrogens is 2. The lowest BCUT2D eigenvalue weighted by Gasteiger charge is -2.30. The van der Waals surface area contributed by atoms with Gasteiger partial charge in [-0.2, -0.15) is 4.98 Å². The molecule has 1 aliphatic rings. The zero-order chi connectivity index (χ0) is 19.2. The standard InChI is InChI=1S/C19H23N3O5/c1-2-26-15-7-5-13(6-8-15)18-20-16(27-21-18)9-10-17(23)22-11-3-4-14(12-22)19(24)25/h5-8,14H,2-4,9-12H2,1H3,(H,24,25)/t14-/m0/s1. The van der Waals surface area contributed by atoms with Gasteiger partial charge in [-0.3, -0.25) is 9.59 Å². The van der Waals surface area contributed by atoms with Crippen LogP contribution in [-0.2, 0) is 16.0 Å². The number of piperidine rings is 1. The van der Waals surface area contributed by atoms with Crippen LogP contribution in [0.5, 0.6) is 5.75 Å². The van der Waals surface area contributed by atoms with Gasteiger partial charge < -0.3 is 19.3 Å². The minimum Gasteiger partial charge on any atom is -0.494 e. The number of ether oxygens (including phenoxy) is 1. The molecule has 0 bridgehead atoms. The SMILES string of the molecule is CCOc1ccc(-c2noc(CCC(=O)N3CCC[C@H](C(=O)O)C3)n2)cc1. The van der Waals surface area contributed by atoms with Gasteiger partial charge in [0, 0.05) is 31.5 Å². The van der Waals surface area contributed by atoms with Crippen LogP contribution in [0.15, 0.2) is 28.8 Å². The molecule has 0 spiro atoms. The highest BCUT2D eigenvalue weighted by atomic mass is 16.5. The average molecular weight is 373 g/mol. The molecule has 0 aliphatic carbocycles. The normalized spacial score (nSPS) is 16.9. The summed E-state index contributed by atoms with van der Waals surface area (Å²) in [5, 5.41) is 13.1. The van der Waals surface area contributed by atoms with Crippen LogP contribution in [0.4, 0.5) is 0 Å². The Balaban J connectivity index is 1.54. The van der Waals surface area contributed by atoms with E-state index in [0.29, 0.717) is 44.1 Å². The van der Waals surface area contributed by atoms with E-state index in [4.69, 9.17) is 14.4 Å². The maximum Gasteiger partial charge on any atom is 0.308 e. The molecule has 0 radical (unpaired) electrons. The molecule has 0 saturated carbocycles. The number of hydrogen-bond donors (Lipinski definition) is 1. The molecule has 0 unspecified atom stereocenters. The number of carboxylic acids is 1. The van der Waals surface area contributed by atoms with E-state index in [1.54, 1.807) is 4.90 Å². The van der Waals surface area contributed by atoms with E-state index < -0.39 is 11.9 Å². The molecular weight excluding hydrogens is 350 g/mol. The van der Waals surface area contributed by atoms with E-state index in [1.165, 1.54) is 0 Å². The molecule has 3 rings (SSSR count). The minimum atomic E-state index is -0.843. The summed E-state index contributed by atoms with van der Waals surface area (Å²) in [4.78, 5) is 29.4. The Morgan fingerprint density at radius 2 is 2.11 bits per heavy atom. The first-order valence-corrected chi connectivity index (χ1v) is 9.13. The van der Waals surface area contributed by atoms with E-state index in [1.807, 2.05) is 31.2 Å². The Labute approximate surface area is 157 Å². The van der Waals surface area contributed by atoms with Crippen molar-refractivity contribution in [3.63, 3.8) is 0 Å². The van der Waals surface area contributed by atoms with Crippen molar-refractivity contribution < 1.29 is 24.0 Å². The Bertz CT molecular complexity index is 787. The maximum atomic E-state index is 12.3. The molecular formula is C19H23N3O5. The lowest BCUT2D eigenvalue weighted by atomic mass is 9.98. The van der Waals surface area contributed by atoms with Crippen LogP contribution in [-0.4, -0.2) is 51.7 Å². The number of carbonyl (C=O) groups is 2. The molecule has 144 valence electrons. The average Bonchev–Trinajstić information content (AvgIpc) is 3.16. The van der Waals surface area contributed by atoms with Crippen molar-refractivity contribution in [3.05, 3.63) is 30.2 Å². The summed E-state index contributed by atoms with van der Waals surface area (Å²) in [7, 11) is 0. The van der Waals surface area contributed by atoms with Crippen molar-refractivity contribution in [1.29, 1.82) is 0 Å². The van der Waals surface area contributed by atoms with Crippen molar-refractivity contribution in [2.75, 3.05) is 19.7 Å². The largest absolute Gasteiger partial charge is 0.494 e. The van der Waals surface area contributed by atoms with Crippen LogP contribution in [0, 0.1) is 5.92 Å². The van der Waals surface area contributed by atoms with Gasteiger partial charge in [0.05, 0.1) is 12.5 Å². The van der Waals surface area contributed by atoms with Gasteiger partial charge >= 0.3 is 5.97 Å². The lowest BCUT2D eigenvalue weighted by molar-refractivity contribution is -0.145. The molecule has 1 aliphatic heterocycles. The number of rotatable bonds is 7. The number of nitrogens with zero attached hydrogens (tertiary/aromatic N) is 3. The summed E-state index contributed by atoms with van der Waals surface area (Å²) < 4.78 is 10.6. The number of hydrogen-bond acceptors (Lipinski definition) is 6. The van der Waals surface area contributed by atoms with Crippen LogP contribution in [0.3, 0.4) is 0 Å². The minimum absolute atomic E-state index is 0.0817. The van der Waals surface area contributed by atoms with Crippen LogP contribution < -0.4 is 4.74 Å². The van der Waals surface area contributed by atoms with Gasteiger partial charge in [0.1, 0.15) is 5.75 Å². The molecule has 1 fully saturated rings. The smallest absolute Gasteiger partial charge is 0.308 e. The second-order valence-electron chi connectivity index (χ2n) is 6.49. The zero-order valence-corrected chi connectivity index (χ0v) is 15.3. The fraction of sp³-hybridized carbons (Fsp3) is 0.474. The Hall–Kier alpha value is -2.90. The highest BCUT2D eigenvalue weighted by molar-refractivity contribution is 5.78. The molecule has 1 aromatic carbocycles. The van der Waals surface area contributed by atoms with Crippen molar-refractivity contribution in [2.24, 2.45) is 5.92 Å². The molecule has 27 heavy (non-hydrogen) atoms. The monoisotopic (exact) mass is 373 g/mol. The summed E-state index contributed by atoms with van der Waals surface area (Å²) >= 11 is 0. The first-order valence-electron chi connectivity index (χ1n) is 9.13. The van der Waals surface area contributed by atoms with Crippen molar-refractivity contribution in [1.82, 2.24) is 15.0 Å². The van der Waals surface area contributed by atoms with E-state index in [-0.39, 0.29) is 18.9 Å². The fourth-order valence-electron chi connectivity index (χ4n) is 3.12. The summed E-state index contributed by atoms with van der Waals surface area (Å²) in [5.41, 5.74) is 0.806. The van der Waals surface area contributed by atoms with Crippen LogP contribution in [0.1, 0.15) is 32.1 Å². The van der Waals surface area contributed by atoms with E-state index >= 15 is 0 Å². The second-order valence-corrected chi connectivity index (χ2v) is 6.49. The molecule has 1 saturated heterocycles. The molecule has 8 nitrogen and oxygen atoms in total. The summed E-state index contributed by atoms with van der Waals surface area (Å²) in [6.07, 6.45) is 1.88. The number of benzene rings is 1. The number of carbonyl (C=O) groups excluding carboxylic acids is 1. The van der Waals surface area contributed by atoms with Crippen molar-refractivity contribution >= 4 is 11.9 Å². The van der Waals surface area contributed by atoms with Gasteiger partial charge in [-0.1, -0.05) is 5.16 Å². The molecule has 1 N–H and O–H groups in total. The molecule has 2 heterocycles. The first kappa shape index (κ1) is 18.9. The van der Waals surface area contributed by atoms with Gasteiger partial charge in [0.2, 0.25) is 17.6 Å². The maximum absolute atomic E-state index is 12.3. The quantitative estimate of drug-likeness (QED) is 0.794. The van der Waals surface area contributed by atoms with Gasteiger partial charge in [-0.25, -0.2) is 0 Å². The Morgan fingerprint density at radius 1 is 1.33 bits per heavy atom. The predicted molar refractivity (Wildman–Crippen MR) is 96.2 cm³/mol. The third-order valence-corrected chi connectivity index (χ3v) is 4.57. The molecule has 1 aromatic heterocycles. The number of aliphatic carboxylic acids is 1. The highest BCUT2D eigenvalue weighted by Crippen LogP contribution is 2.21. The van der Waals surface area contributed by atoms with Gasteiger partial charge in [0.15, 0.2) is 0 Å². The van der Waals surface area contributed by atoms with Crippen molar-refractivity contribution in [2.45, 2.75) is 32.6 Å². The highest BCUT2D eigenvalue weighted by Gasteiger charge is 2.28. The Morgan fingerprint density at radius 3 is 2.81 bits per heavy atom. The second kappa shape index (κ2) is 8.66. The summed E-state index contributed by atoms with van der Waals surface area (Å²) in [5.74, 6) is 0.226. The molecule has 8 heteroatoms. The number of aryl methyl sites for hydroxylation is 1. The number of amides is 1. The molecule has 1 atom stereocenters. The summed E-state index contributed by atoms with van der Waals surface area (Å²) in [6.45, 7) is 3.40. The fourth-order valence-corrected chi connectivity index (χ4v) is 3.12. The van der Waals surface area contributed by atoms with E-state index in [0.717, 1.165) is 11.3 Å². The van der Waals surface area contributed by atoms with Crippen LogP contribution in [0.25, 0.3) is 11.4 Å². The lowest BCUT2D eigenvalue weighted by Crippen LogP contribution is -2.42. The van der Waals surface area contributed by atoms with E-state index in [9.17, 15) is 9.59 Å². The zero-order valence-electron chi connectivity index (χ0n) is 15.3. The van der Waals surface area contributed by atoms with Gasteiger partial charge in [-0.05, 0) is 44.0 Å². The van der Waals surface area contributed by atoms with Crippen LogP contribution >= 0.6 is 0 Å².